The summed E-state index contributed by atoms with van der Waals surface area (Å²) in [6, 6.07) is -1.62. The number of alkyl halides is 6. The highest BCUT2D eigenvalue weighted by Crippen LogP contribution is 2.24. The molecule has 14 heteroatoms. The lowest BCUT2D eigenvalue weighted by atomic mass is 9.97. The number of amides is 2. The van der Waals surface area contributed by atoms with Crippen molar-refractivity contribution in [1.82, 2.24) is 10.6 Å². The Bertz CT molecular complexity index is 551. The van der Waals surface area contributed by atoms with Gasteiger partial charge in [-0.05, 0) is 0 Å². The predicted molar refractivity (Wildman–Crippen MR) is 68.1 cm³/mol. The van der Waals surface area contributed by atoms with Gasteiger partial charge in [-0.25, -0.2) is 0 Å². The number of ether oxygens (including phenoxy) is 2. The molecule has 0 unspecified atom stereocenters. The molecule has 1 fully saturated rings. The summed E-state index contributed by atoms with van der Waals surface area (Å²) < 4.78 is 83.3. The van der Waals surface area contributed by atoms with Crippen molar-refractivity contribution in [3.63, 3.8) is 0 Å². The molecule has 0 bridgehead atoms. The van der Waals surface area contributed by atoms with E-state index in [1.807, 2.05) is 0 Å². The number of hydrogen-bond donors (Lipinski definition) is 3. The van der Waals surface area contributed by atoms with Crippen LogP contribution < -0.4 is 10.6 Å². The zero-order valence-corrected chi connectivity index (χ0v) is 13.0. The number of aliphatic hydroxyl groups is 1. The van der Waals surface area contributed by atoms with Crippen LogP contribution in [0, 0.1) is 0 Å². The van der Waals surface area contributed by atoms with Gasteiger partial charge < -0.3 is 25.2 Å². The van der Waals surface area contributed by atoms with Crippen molar-refractivity contribution in [3.05, 3.63) is 0 Å². The van der Waals surface area contributed by atoms with Crippen molar-refractivity contribution in [1.29, 1.82) is 0 Å². The molecule has 0 aliphatic carbocycles. The van der Waals surface area contributed by atoms with Crippen molar-refractivity contribution >= 4 is 17.8 Å². The van der Waals surface area contributed by atoms with Crippen LogP contribution in [-0.4, -0.2) is 66.3 Å². The van der Waals surface area contributed by atoms with Crippen LogP contribution in [0.1, 0.15) is 13.3 Å². The van der Waals surface area contributed by atoms with Crippen molar-refractivity contribution in [2.75, 3.05) is 6.54 Å². The van der Waals surface area contributed by atoms with Gasteiger partial charge in [-0.1, -0.05) is 0 Å². The molecule has 1 aliphatic rings. The second-order valence-corrected chi connectivity index (χ2v) is 5.22. The third-order valence-electron chi connectivity index (χ3n) is 3.15. The lowest BCUT2D eigenvalue weighted by molar-refractivity contribution is -0.221. The largest absolute Gasteiger partial charge is 0.471 e. The molecule has 1 aliphatic heterocycles. The average Bonchev–Trinajstić information content (AvgIpc) is 2.45. The van der Waals surface area contributed by atoms with E-state index in [0.717, 1.165) is 6.92 Å². The number of carbonyl (C=O) groups excluding carboxylic acids is 3. The molecule has 0 aromatic heterocycles. The van der Waals surface area contributed by atoms with Crippen LogP contribution in [0.4, 0.5) is 26.3 Å². The second-order valence-electron chi connectivity index (χ2n) is 5.22. The van der Waals surface area contributed by atoms with Gasteiger partial charge in [0.25, 0.3) is 0 Å². The molecular formula is C12H14F6N2O6. The maximum absolute atomic E-state index is 12.4. The smallest absolute Gasteiger partial charge is 0.458 e. The Labute approximate surface area is 141 Å². The van der Waals surface area contributed by atoms with E-state index in [4.69, 9.17) is 9.47 Å². The van der Waals surface area contributed by atoms with Gasteiger partial charge in [-0.2, -0.15) is 26.3 Å². The zero-order valence-electron chi connectivity index (χ0n) is 13.0. The second kappa shape index (κ2) is 8.07. The number of esters is 1. The molecule has 0 radical (unpaired) electrons. The molecule has 3 N–H and O–H groups in total. The Balaban J connectivity index is 2.93. The normalized spacial score (nSPS) is 26.8. The molecule has 0 aromatic rings. The quantitative estimate of drug-likeness (QED) is 0.446. The fourth-order valence-corrected chi connectivity index (χ4v) is 2.14. The maximum Gasteiger partial charge on any atom is 0.471 e. The van der Waals surface area contributed by atoms with Gasteiger partial charge in [0.2, 0.25) is 0 Å². The van der Waals surface area contributed by atoms with Gasteiger partial charge in [0.15, 0.2) is 6.29 Å². The molecule has 0 aromatic carbocycles. The van der Waals surface area contributed by atoms with Gasteiger partial charge in [0, 0.05) is 19.9 Å². The Morgan fingerprint density at radius 1 is 1.12 bits per heavy atom. The SMILES string of the molecule is CC(=O)O[C@@H]1[C@H](NC(=O)C(F)(F)F)C[C@H](O)O[C@@H]1CNC(=O)C(F)(F)F. The fourth-order valence-electron chi connectivity index (χ4n) is 2.14. The molecule has 26 heavy (non-hydrogen) atoms. The summed E-state index contributed by atoms with van der Waals surface area (Å²) >= 11 is 0. The van der Waals surface area contributed by atoms with E-state index < -0.39 is 67.6 Å². The summed E-state index contributed by atoms with van der Waals surface area (Å²) in [5.41, 5.74) is 0. The topological polar surface area (TPSA) is 114 Å². The first-order valence-electron chi connectivity index (χ1n) is 6.95. The zero-order chi connectivity index (χ0) is 20.3. The van der Waals surface area contributed by atoms with Crippen LogP contribution in [0.2, 0.25) is 0 Å². The number of carbonyl (C=O) groups is 3. The van der Waals surface area contributed by atoms with E-state index in [-0.39, 0.29) is 0 Å². The van der Waals surface area contributed by atoms with Crippen LogP contribution in [0.25, 0.3) is 0 Å². The summed E-state index contributed by atoms with van der Waals surface area (Å²) in [5.74, 6) is -5.82. The van der Waals surface area contributed by atoms with Gasteiger partial charge in [0.1, 0.15) is 12.2 Å². The number of aliphatic hydroxyl groups excluding tert-OH is 1. The Morgan fingerprint density at radius 3 is 2.12 bits per heavy atom. The Hall–Kier alpha value is -2.09. The third kappa shape index (κ3) is 6.33. The molecule has 1 heterocycles. The number of rotatable bonds is 4. The minimum Gasteiger partial charge on any atom is -0.458 e. The van der Waals surface area contributed by atoms with Crippen LogP contribution in [0.15, 0.2) is 0 Å². The van der Waals surface area contributed by atoms with Crippen molar-refractivity contribution in [2.45, 2.75) is 50.2 Å². The van der Waals surface area contributed by atoms with Crippen LogP contribution in [0.3, 0.4) is 0 Å². The van der Waals surface area contributed by atoms with Crippen LogP contribution >= 0.6 is 0 Å². The minimum atomic E-state index is -5.29. The molecule has 0 spiro atoms. The first-order chi connectivity index (χ1) is 11.7. The predicted octanol–water partition coefficient (Wildman–Crippen LogP) is -0.249. The Kier molecular flexibility index (Phi) is 6.82. The third-order valence-corrected chi connectivity index (χ3v) is 3.15. The summed E-state index contributed by atoms with van der Waals surface area (Å²) in [4.78, 5) is 33.0. The fraction of sp³-hybridized carbons (Fsp3) is 0.750. The van der Waals surface area contributed by atoms with Gasteiger partial charge in [-0.3, -0.25) is 14.4 Å². The number of hydrogen-bond acceptors (Lipinski definition) is 6. The van der Waals surface area contributed by atoms with Gasteiger partial charge in [-0.15, -0.1) is 0 Å². The summed E-state index contributed by atoms with van der Waals surface area (Å²) in [5, 5.41) is 12.4. The van der Waals surface area contributed by atoms with Crippen molar-refractivity contribution < 1.29 is 55.3 Å². The minimum absolute atomic E-state index is 0.635. The highest BCUT2D eigenvalue weighted by Gasteiger charge is 2.47. The molecular weight excluding hydrogens is 382 g/mol. The van der Waals surface area contributed by atoms with Crippen LogP contribution in [0.5, 0.6) is 0 Å². The van der Waals surface area contributed by atoms with E-state index in [0.29, 0.717) is 0 Å². The van der Waals surface area contributed by atoms with Gasteiger partial charge >= 0.3 is 30.1 Å². The van der Waals surface area contributed by atoms with E-state index in [1.54, 1.807) is 0 Å². The first kappa shape index (κ1) is 22.0. The number of nitrogens with one attached hydrogen (secondary N) is 2. The molecule has 8 nitrogen and oxygen atoms in total. The molecule has 2 amide bonds. The summed E-state index contributed by atoms with van der Waals surface area (Å²) in [6.45, 7) is -0.0925. The summed E-state index contributed by atoms with van der Waals surface area (Å²) in [7, 11) is 0. The molecule has 1 saturated heterocycles. The Morgan fingerprint density at radius 2 is 1.65 bits per heavy atom. The standard InChI is InChI=1S/C12H14F6N2O6/c1-4(21)25-8-5(20-10(24)12(16,17)18)2-7(22)26-6(8)3-19-9(23)11(13,14)15/h5-8,22H,2-3H2,1H3,(H,19,23)(H,20,24)/t5-,6-,7-,8-/m1/s1. The van der Waals surface area contributed by atoms with E-state index in [1.165, 1.54) is 10.6 Å². The lowest BCUT2D eigenvalue weighted by Gasteiger charge is -2.39. The molecule has 150 valence electrons. The highest BCUT2D eigenvalue weighted by atomic mass is 19.4. The highest BCUT2D eigenvalue weighted by molar-refractivity contribution is 5.82. The number of halogens is 6. The van der Waals surface area contributed by atoms with E-state index in [9.17, 15) is 45.8 Å². The molecule has 4 atom stereocenters. The molecule has 1 rings (SSSR count). The first-order valence-corrected chi connectivity index (χ1v) is 6.95. The maximum atomic E-state index is 12.4. The van der Waals surface area contributed by atoms with Gasteiger partial charge in [0.05, 0.1) is 6.04 Å². The lowest BCUT2D eigenvalue weighted by Crippen LogP contribution is -2.61. The van der Waals surface area contributed by atoms with E-state index in [2.05, 4.69) is 0 Å². The van der Waals surface area contributed by atoms with E-state index >= 15 is 0 Å². The average molecular weight is 396 g/mol. The van der Waals surface area contributed by atoms with Crippen molar-refractivity contribution in [3.8, 4) is 0 Å². The molecule has 0 saturated carbocycles. The summed E-state index contributed by atoms with van der Waals surface area (Å²) in [6.07, 6.45) is -16.3. The van der Waals surface area contributed by atoms with Crippen molar-refractivity contribution in [2.24, 2.45) is 0 Å². The monoisotopic (exact) mass is 396 g/mol. The van der Waals surface area contributed by atoms with Crippen LogP contribution in [-0.2, 0) is 23.9 Å².